The fraction of sp³-hybridized carbons (Fsp3) is 0.217. The van der Waals surface area contributed by atoms with Gasteiger partial charge in [-0.3, -0.25) is 9.59 Å². The van der Waals surface area contributed by atoms with E-state index < -0.39 is 29.6 Å². The molecule has 0 saturated carbocycles. The number of halogens is 3. The summed E-state index contributed by atoms with van der Waals surface area (Å²) < 4.78 is 36.2. The van der Waals surface area contributed by atoms with Gasteiger partial charge in [-0.15, -0.1) is 0 Å². The summed E-state index contributed by atoms with van der Waals surface area (Å²) in [6.45, 7) is -0.665. The lowest BCUT2D eigenvalue weighted by Gasteiger charge is -2.15. The summed E-state index contributed by atoms with van der Waals surface area (Å²) in [5.74, 6) is -2.26. The van der Waals surface area contributed by atoms with Crippen LogP contribution in [-0.4, -0.2) is 35.3 Å². The third kappa shape index (κ3) is 5.72. The first-order chi connectivity index (χ1) is 14.9. The summed E-state index contributed by atoms with van der Waals surface area (Å²) in [6.07, 6.45) is 1.02. The molecular formula is C23H20BrF2NO4. The van der Waals surface area contributed by atoms with Crippen LogP contribution in [0.4, 0.5) is 8.78 Å². The lowest BCUT2D eigenvalue weighted by molar-refractivity contribution is 0.0662. The summed E-state index contributed by atoms with van der Waals surface area (Å²) in [4.78, 5) is 25.4. The van der Waals surface area contributed by atoms with E-state index in [4.69, 9.17) is 9.84 Å². The Bertz CT molecular complexity index is 1130. The predicted molar refractivity (Wildman–Crippen MR) is 115 cm³/mol. The first kappa shape index (κ1) is 23.0. The first-order valence-corrected chi connectivity index (χ1v) is 10.3. The van der Waals surface area contributed by atoms with Gasteiger partial charge in [-0.05, 0) is 23.3 Å². The number of ketones is 1. The van der Waals surface area contributed by atoms with Crippen molar-refractivity contribution in [1.29, 1.82) is 0 Å². The van der Waals surface area contributed by atoms with Gasteiger partial charge in [0.1, 0.15) is 12.4 Å². The van der Waals surface area contributed by atoms with Crippen molar-refractivity contribution >= 4 is 21.7 Å². The van der Waals surface area contributed by atoms with E-state index in [9.17, 15) is 14.0 Å². The van der Waals surface area contributed by atoms with Gasteiger partial charge in [0.25, 0.3) is 5.56 Å². The Morgan fingerprint density at radius 2 is 1.87 bits per heavy atom. The molecule has 8 heteroatoms. The Hall–Kier alpha value is -2.68. The molecule has 0 saturated heterocycles. The fourth-order valence-corrected chi connectivity index (χ4v) is 3.47. The summed E-state index contributed by atoms with van der Waals surface area (Å²) in [7, 11) is 0. The molecule has 0 spiro atoms. The molecule has 31 heavy (non-hydrogen) atoms. The van der Waals surface area contributed by atoms with Crippen LogP contribution in [-0.2, 0) is 17.7 Å². The number of carbonyl (C=O) groups is 1. The van der Waals surface area contributed by atoms with Gasteiger partial charge in [-0.2, -0.15) is 0 Å². The molecule has 1 aromatic heterocycles. The number of ether oxygens (including phenoxy) is 1. The summed E-state index contributed by atoms with van der Waals surface area (Å²) in [5.41, 5.74) is -0.246. The molecule has 0 aliphatic carbocycles. The predicted octanol–water partition coefficient (Wildman–Crippen LogP) is 3.72. The number of aromatic nitrogens is 1. The molecule has 1 heterocycles. The smallest absolute Gasteiger partial charge is 0.287 e. The average Bonchev–Trinajstić information content (AvgIpc) is 2.75. The van der Waals surface area contributed by atoms with Crippen LogP contribution in [0.5, 0.6) is 0 Å². The lowest BCUT2D eigenvalue weighted by Crippen LogP contribution is -2.28. The van der Waals surface area contributed by atoms with Gasteiger partial charge in [0.05, 0.1) is 19.8 Å². The molecule has 5 nitrogen and oxygen atoms in total. The molecular weight excluding hydrogens is 472 g/mol. The minimum atomic E-state index is -1.11. The number of benzene rings is 2. The van der Waals surface area contributed by atoms with Crippen LogP contribution in [0, 0.1) is 11.6 Å². The number of carbonyl (C=O) groups excluding carboxylic acids is 1. The number of aliphatic hydroxyl groups excluding tert-OH is 1. The minimum absolute atomic E-state index is 0.0610. The maximum atomic E-state index is 15.2. The topological polar surface area (TPSA) is 68.5 Å². The Labute approximate surface area is 186 Å². The zero-order chi connectivity index (χ0) is 22.4. The molecule has 0 unspecified atom stereocenters. The second-order valence-electron chi connectivity index (χ2n) is 6.87. The van der Waals surface area contributed by atoms with Gasteiger partial charge in [0.15, 0.2) is 11.6 Å². The molecule has 0 atom stereocenters. The van der Waals surface area contributed by atoms with Gasteiger partial charge in [-0.1, -0.05) is 52.3 Å². The van der Waals surface area contributed by atoms with Crippen LogP contribution in [0.25, 0.3) is 0 Å². The highest BCUT2D eigenvalue weighted by molar-refractivity contribution is 9.10. The van der Waals surface area contributed by atoms with E-state index in [-0.39, 0.29) is 42.9 Å². The average molecular weight is 492 g/mol. The maximum Gasteiger partial charge on any atom is 0.287 e. The van der Waals surface area contributed by atoms with Crippen molar-refractivity contribution in [3.8, 4) is 0 Å². The number of hydrogen-bond donors (Lipinski definition) is 1. The van der Waals surface area contributed by atoms with E-state index in [2.05, 4.69) is 15.9 Å². The largest absolute Gasteiger partial charge is 0.394 e. The number of aliphatic hydroxyl groups is 1. The van der Waals surface area contributed by atoms with Gasteiger partial charge in [-0.25, -0.2) is 8.78 Å². The van der Waals surface area contributed by atoms with Crippen molar-refractivity contribution in [1.82, 2.24) is 4.57 Å². The van der Waals surface area contributed by atoms with Crippen LogP contribution in [0.3, 0.4) is 0 Å². The number of pyridine rings is 1. The minimum Gasteiger partial charge on any atom is -0.394 e. The van der Waals surface area contributed by atoms with Crippen LogP contribution >= 0.6 is 15.9 Å². The normalized spacial score (nSPS) is 11.0. The molecule has 3 aromatic rings. The Balaban J connectivity index is 2.05. The van der Waals surface area contributed by atoms with Crippen molar-refractivity contribution in [3.63, 3.8) is 0 Å². The van der Waals surface area contributed by atoms with Gasteiger partial charge in [0.2, 0.25) is 0 Å². The number of hydrogen-bond acceptors (Lipinski definition) is 4. The highest BCUT2D eigenvalue weighted by Gasteiger charge is 2.22. The van der Waals surface area contributed by atoms with Crippen molar-refractivity contribution in [2.24, 2.45) is 0 Å². The number of nitrogens with zero attached hydrogens (tertiary/aromatic N) is 1. The monoisotopic (exact) mass is 491 g/mol. The second-order valence-corrected chi connectivity index (χ2v) is 7.78. The van der Waals surface area contributed by atoms with E-state index in [1.165, 1.54) is 18.3 Å². The summed E-state index contributed by atoms with van der Waals surface area (Å²) in [5, 5.41) is 8.85. The molecule has 3 rings (SSSR count). The van der Waals surface area contributed by atoms with Crippen LogP contribution in [0.15, 0.2) is 64.0 Å². The van der Waals surface area contributed by atoms with Crippen LogP contribution in [0.2, 0.25) is 0 Å². The molecule has 0 fully saturated rings. The molecule has 0 aliphatic rings. The summed E-state index contributed by atoms with van der Waals surface area (Å²) >= 11 is 3.16. The van der Waals surface area contributed by atoms with E-state index in [1.54, 1.807) is 30.3 Å². The van der Waals surface area contributed by atoms with E-state index in [0.29, 0.717) is 4.47 Å². The fourth-order valence-electron chi connectivity index (χ4n) is 3.14. The van der Waals surface area contributed by atoms with Crippen LogP contribution in [0.1, 0.15) is 27.0 Å². The second kappa shape index (κ2) is 10.6. The zero-order valence-electron chi connectivity index (χ0n) is 16.5. The quantitative estimate of drug-likeness (QED) is 0.365. The van der Waals surface area contributed by atoms with Crippen LogP contribution < -0.4 is 5.56 Å². The lowest BCUT2D eigenvalue weighted by atomic mass is 9.98. The Morgan fingerprint density at radius 3 is 2.55 bits per heavy atom. The maximum absolute atomic E-state index is 15.2. The van der Waals surface area contributed by atoms with E-state index in [0.717, 1.165) is 10.1 Å². The molecule has 2 aromatic carbocycles. The Kier molecular flexibility index (Phi) is 7.84. The molecule has 0 bridgehead atoms. The SMILES string of the molecule is O=C(COCCO)c1cn(Cc2ccccc2)c(=O)c(F)c1Cc1ccc(Br)cc1F. The number of rotatable bonds is 9. The van der Waals surface area contributed by atoms with Gasteiger partial charge < -0.3 is 14.4 Å². The van der Waals surface area contributed by atoms with Crippen molar-refractivity contribution < 1.29 is 23.4 Å². The van der Waals surface area contributed by atoms with Gasteiger partial charge in [0, 0.05) is 28.2 Å². The highest BCUT2D eigenvalue weighted by atomic mass is 79.9. The summed E-state index contributed by atoms with van der Waals surface area (Å²) in [6, 6.07) is 13.2. The Morgan fingerprint density at radius 1 is 1.13 bits per heavy atom. The van der Waals surface area contributed by atoms with E-state index in [1.807, 2.05) is 6.07 Å². The van der Waals surface area contributed by atoms with Crippen molar-refractivity contribution in [2.75, 3.05) is 19.8 Å². The molecule has 0 amide bonds. The third-order valence-corrected chi connectivity index (χ3v) is 5.16. The molecule has 0 radical (unpaired) electrons. The van der Waals surface area contributed by atoms with Crippen molar-refractivity contribution in [3.05, 3.63) is 103 Å². The molecule has 1 N–H and O–H groups in total. The third-order valence-electron chi connectivity index (χ3n) is 4.67. The first-order valence-electron chi connectivity index (χ1n) is 9.52. The van der Waals surface area contributed by atoms with E-state index >= 15 is 4.39 Å². The zero-order valence-corrected chi connectivity index (χ0v) is 18.1. The highest BCUT2D eigenvalue weighted by Crippen LogP contribution is 2.22. The standard InChI is InChI=1S/C23H20BrF2NO4/c24-17-7-6-16(20(25)11-17)10-18-19(21(29)14-31-9-8-28)13-27(23(30)22(18)26)12-15-4-2-1-3-5-15/h1-7,11,13,28H,8-10,12,14H2. The van der Waals surface area contributed by atoms with Crippen molar-refractivity contribution in [2.45, 2.75) is 13.0 Å². The number of Topliss-reactive ketones (excluding diaryl/α,β-unsaturated/α-hetero) is 1. The molecule has 162 valence electrons. The van der Waals surface area contributed by atoms with Gasteiger partial charge >= 0.3 is 0 Å². The molecule has 0 aliphatic heterocycles.